The van der Waals surface area contributed by atoms with Crippen molar-refractivity contribution in [3.8, 4) is 0 Å². The third-order valence-corrected chi connectivity index (χ3v) is 3.90. The van der Waals surface area contributed by atoms with Gasteiger partial charge in [-0.15, -0.1) is 0 Å². The molecule has 1 fully saturated rings. The number of hydrogen-bond donors (Lipinski definition) is 2. The van der Waals surface area contributed by atoms with Crippen LogP contribution in [0.5, 0.6) is 0 Å². The summed E-state index contributed by atoms with van der Waals surface area (Å²) in [5.41, 5.74) is 0. The molecule has 0 heterocycles. The van der Waals surface area contributed by atoms with Crippen LogP contribution < -0.4 is 5.32 Å². The molecule has 90 valence electrons. The Balaban J connectivity index is 2.14. The van der Waals surface area contributed by atoms with Crippen LogP contribution in [0.15, 0.2) is 0 Å². The first-order valence-corrected chi connectivity index (χ1v) is 7.28. The summed E-state index contributed by atoms with van der Waals surface area (Å²) < 4.78 is 29.5. The minimum absolute atomic E-state index is 0.138. The van der Waals surface area contributed by atoms with Gasteiger partial charge in [0, 0.05) is 6.04 Å². The Bertz CT molecular complexity index is 276. The molecule has 0 aromatic heterocycles. The molecule has 1 saturated carbocycles. The van der Waals surface area contributed by atoms with E-state index in [9.17, 15) is 8.42 Å². The molecule has 0 bridgehead atoms. The zero-order valence-electron chi connectivity index (χ0n) is 9.28. The van der Waals surface area contributed by atoms with Crippen LogP contribution in [-0.4, -0.2) is 31.3 Å². The fraction of sp³-hybridized carbons (Fsp3) is 1.00. The van der Waals surface area contributed by atoms with Gasteiger partial charge < -0.3 is 5.32 Å². The van der Waals surface area contributed by atoms with Gasteiger partial charge in [-0.25, -0.2) is 0 Å². The minimum Gasteiger partial charge on any atom is -0.314 e. The summed E-state index contributed by atoms with van der Waals surface area (Å²) in [5, 5.41) is 3.37. The van der Waals surface area contributed by atoms with Crippen molar-refractivity contribution in [3.05, 3.63) is 0 Å². The molecule has 0 unspecified atom stereocenters. The molecule has 4 nitrogen and oxygen atoms in total. The Morgan fingerprint density at radius 1 is 1.33 bits per heavy atom. The Morgan fingerprint density at radius 2 is 2.00 bits per heavy atom. The summed E-state index contributed by atoms with van der Waals surface area (Å²) >= 11 is 0. The van der Waals surface area contributed by atoms with Crippen molar-refractivity contribution in [1.82, 2.24) is 5.32 Å². The summed E-state index contributed by atoms with van der Waals surface area (Å²) in [4.78, 5) is 0. The summed E-state index contributed by atoms with van der Waals surface area (Å²) in [7, 11) is -3.78. The summed E-state index contributed by atoms with van der Waals surface area (Å²) in [6.45, 7) is 2.91. The molecule has 2 N–H and O–H groups in total. The van der Waals surface area contributed by atoms with Crippen LogP contribution in [0.3, 0.4) is 0 Å². The van der Waals surface area contributed by atoms with Gasteiger partial charge in [-0.3, -0.25) is 4.55 Å². The largest absolute Gasteiger partial charge is 0.314 e. The standard InChI is InChI=1S/C10H21NO3S/c1-9-5-2-3-6-10(9)11-7-4-8-15(12,13)14/h9-11H,2-8H2,1H3,(H,12,13,14)/t9-,10+/m0/s1. The van der Waals surface area contributed by atoms with E-state index < -0.39 is 10.1 Å². The fourth-order valence-corrected chi connectivity index (χ4v) is 2.67. The molecule has 5 heteroatoms. The molecule has 1 aliphatic rings. The second-order valence-electron chi connectivity index (χ2n) is 4.46. The Morgan fingerprint density at radius 3 is 2.60 bits per heavy atom. The highest BCUT2D eigenvalue weighted by Gasteiger charge is 2.20. The van der Waals surface area contributed by atoms with Gasteiger partial charge in [-0.2, -0.15) is 8.42 Å². The number of nitrogens with one attached hydrogen (secondary N) is 1. The monoisotopic (exact) mass is 235 g/mol. The summed E-state index contributed by atoms with van der Waals surface area (Å²) in [6.07, 6.45) is 5.51. The molecule has 0 saturated heterocycles. The van der Waals surface area contributed by atoms with E-state index >= 15 is 0 Å². The molecule has 2 atom stereocenters. The van der Waals surface area contributed by atoms with Crippen LogP contribution in [0.1, 0.15) is 39.0 Å². The maximum atomic E-state index is 10.5. The van der Waals surface area contributed by atoms with Crippen LogP contribution in [0.4, 0.5) is 0 Å². The second kappa shape index (κ2) is 5.82. The molecule has 15 heavy (non-hydrogen) atoms. The predicted octanol–water partition coefficient (Wildman–Crippen LogP) is 1.43. The SMILES string of the molecule is C[C@H]1CCCC[C@H]1NCCCS(=O)(=O)O. The van der Waals surface area contributed by atoms with Gasteiger partial charge in [-0.1, -0.05) is 19.8 Å². The van der Waals surface area contributed by atoms with Crippen LogP contribution in [0, 0.1) is 5.92 Å². The summed E-state index contributed by atoms with van der Waals surface area (Å²) in [5.74, 6) is 0.547. The summed E-state index contributed by atoms with van der Waals surface area (Å²) in [6, 6.07) is 0.528. The molecule has 1 aliphatic carbocycles. The lowest BCUT2D eigenvalue weighted by Crippen LogP contribution is -2.38. The molecular formula is C10H21NO3S. The van der Waals surface area contributed by atoms with Crippen molar-refractivity contribution >= 4 is 10.1 Å². The lowest BCUT2D eigenvalue weighted by Gasteiger charge is -2.29. The lowest BCUT2D eigenvalue weighted by molar-refractivity contribution is 0.281. The Hall–Kier alpha value is -0.130. The van der Waals surface area contributed by atoms with E-state index in [-0.39, 0.29) is 5.75 Å². The predicted molar refractivity (Wildman–Crippen MR) is 60.5 cm³/mol. The zero-order valence-corrected chi connectivity index (χ0v) is 10.1. The van der Waals surface area contributed by atoms with Gasteiger partial charge in [0.2, 0.25) is 0 Å². The Labute approximate surface area is 92.2 Å². The van der Waals surface area contributed by atoms with Crippen molar-refractivity contribution in [1.29, 1.82) is 0 Å². The maximum absolute atomic E-state index is 10.5. The van der Waals surface area contributed by atoms with Gasteiger partial charge in [0.25, 0.3) is 10.1 Å². The highest BCUT2D eigenvalue weighted by atomic mass is 32.2. The first kappa shape index (κ1) is 12.9. The van der Waals surface area contributed by atoms with Crippen molar-refractivity contribution in [3.63, 3.8) is 0 Å². The number of rotatable bonds is 5. The third kappa shape index (κ3) is 5.49. The molecule has 0 aromatic rings. The highest BCUT2D eigenvalue weighted by Crippen LogP contribution is 2.23. The average Bonchev–Trinajstić information content (AvgIpc) is 2.13. The van der Waals surface area contributed by atoms with Crippen molar-refractivity contribution in [2.75, 3.05) is 12.3 Å². The molecule has 0 aliphatic heterocycles. The van der Waals surface area contributed by atoms with E-state index in [0.29, 0.717) is 24.9 Å². The molecular weight excluding hydrogens is 214 g/mol. The topological polar surface area (TPSA) is 66.4 Å². The van der Waals surface area contributed by atoms with E-state index in [4.69, 9.17) is 4.55 Å². The van der Waals surface area contributed by atoms with Gasteiger partial charge >= 0.3 is 0 Å². The quantitative estimate of drug-likeness (QED) is 0.559. The van der Waals surface area contributed by atoms with Gasteiger partial charge in [0.1, 0.15) is 0 Å². The van der Waals surface area contributed by atoms with E-state index in [2.05, 4.69) is 12.2 Å². The Kier molecular flexibility index (Phi) is 5.02. The van der Waals surface area contributed by atoms with Crippen LogP contribution in [0.25, 0.3) is 0 Å². The third-order valence-electron chi connectivity index (χ3n) is 3.10. The number of hydrogen-bond acceptors (Lipinski definition) is 3. The lowest BCUT2D eigenvalue weighted by atomic mass is 9.86. The molecule has 0 aromatic carbocycles. The minimum atomic E-state index is -3.78. The zero-order chi connectivity index (χ0) is 11.3. The van der Waals surface area contributed by atoms with Crippen LogP contribution >= 0.6 is 0 Å². The molecule has 1 rings (SSSR count). The van der Waals surface area contributed by atoms with E-state index in [0.717, 1.165) is 0 Å². The van der Waals surface area contributed by atoms with E-state index in [1.807, 2.05) is 0 Å². The highest BCUT2D eigenvalue weighted by molar-refractivity contribution is 7.85. The van der Waals surface area contributed by atoms with Crippen LogP contribution in [0.2, 0.25) is 0 Å². The van der Waals surface area contributed by atoms with Crippen molar-refractivity contribution < 1.29 is 13.0 Å². The smallest absolute Gasteiger partial charge is 0.264 e. The average molecular weight is 235 g/mol. The fourth-order valence-electron chi connectivity index (χ4n) is 2.16. The molecule has 0 radical (unpaired) electrons. The molecule has 0 spiro atoms. The van der Waals surface area contributed by atoms with Crippen LogP contribution in [-0.2, 0) is 10.1 Å². The van der Waals surface area contributed by atoms with Crippen molar-refractivity contribution in [2.45, 2.75) is 45.1 Å². The molecule has 0 amide bonds. The van der Waals surface area contributed by atoms with Gasteiger partial charge in [-0.05, 0) is 31.7 Å². The second-order valence-corrected chi connectivity index (χ2v) is 6.03. The first-order chi connectivity index (χ1) is 6.99. The van der Waals surface area contributed by atoms with Gasteiger partial charge in [0.05, 0.1) is 5.75 Å². The first-order valence-electron chi connectivity index (χ1n) is 5.67. The maximum Gasteiger partial charge on any atom is 0.264 e. The van der Waals surface area contributed by atoms with Crippen molar-refractivity contribution in [2.24, 2.45) is 5.92 Å². The van der Waals surface area contributed by atoms with E-state index in [1.54, 1.807) is 0 Å². The normalized spacial score (nSPS) is 27.9. The van der Waals surface area contributed by atoms with E-state index in [1.165, 1.54) is 25.7 Å². The van der Waals surface area contributed by atoms with Gasteiger partial charge in [0.15, 0.2) is 0 Å².